The van der Waals surface area contributed by atoms with E-state index in [9.17, 15) is 8.78 Å². The molecule has 0 unspecified atom stereocenters. The molecule has 2 saturated carbocycles. The third-order valence-corrected chi connectivity index (χ3v) is 3.49. The summed E-state index contributed by atoms with van der Waals surface area (Å²) in [6, 6.07) is 0. The number of nitrogens with two attached hydrogens (primary N) is 1. The van der Waals surface area contributed by atoms with E-state index in [1.54, 1.807) is 0 Å². The van der Waals surface area contributed by atoms with Gasteiger partial charge in [-0.1, -0.05) is 0 Å². The number of hydrogen-bond donors (Lipinski definition) is 1. The van der Waals surface area contributed by atoms with E-state index in [1.165, 1.54) is 0 Å². The SMILES string of the molecule is NCCC1(C2CC(F)(F)C2)CC1. The Balaban J connectivity index is 1.87. The minimum atomic E-state index is -2.35. The van der Waals surface area contributed by atoms with Crippen molar-refractivity contribution >= 4 is 0 Å². The van der Waals surface area contributed by atoms with Crippen molar-refractivity contribution in [1.82, 2.24) is 0 Å². The van der Waals surface area contributed by atoms with Gasteiger partial charge in [-0.25, -0.2) is 8.78 Å². The van der Waals surface area contributed by atoms with Crippen LogP contribution in [0.5, 0.6) is 0 Å². The van der Waals surface area contributed by atoms with Crippen LogP contribution in [-0.4, -0.2) is 12.5 Å². The van der Waals surface area contributed by atoms with Gasteiger partial charge < -0.3 is 5.73 Å². The molecule has 70 valence electrons. The van der Waals surface area contributed by atoms with E-state index in [4.69, 9.17) is 5.73 Å². The highest BCUT2D eigenvalue weighted by Crippen LogP contribution is 2.63. The lowest BCUT2D eigenvalue weighted by Crippen LogP contribution is -2.41. The van der Waals surface area contributed by atoms with Crippen molar-refractivity contribution in [2.24, 2.45) is 17.1 Å². The minimum absolute atomic E-state index is 0.118. The summed E-state index contributed by atoms with van der Waals surface area (Å²) < 4.78 is 25.1. The van der Waals surface area contributed by atoms with Crippen LogP contribution >= 0.6 is 0 Å². The Morgan fingerprint density at radius 1 is 1.25 bits per heavy atom. The number of rotatable bonds is 3. The monoisotopic (exact) mass is 175 g/mol. The number of halogens is 2. The van der Waals surface area contributed by atoms with E-state index < -0.39 is 5.92 Å². The molecule has 2 N–H and O–H groups in total. The zero-order valence-corrected chi connectivity index (χ0v) is 7.15. The van der Waals surface area contributed by atoms with Crippen LogP contribution in [0.1, 0.15) is 32.1 Å². The highest BCUT2D eigenvalue weighted by Gasteiger charge is 2.59. The Morgan fingerprint density at radius 2 is 1.83 bits per heavy atom. The van der Waals surface area contributed by atoms with Gasteiger partial charge in [0.25, 0.3) is 0 Å². The van der Waals surface area contributed by atoms with Gasteiger partial charge in [0.15, 0.2) is 0 Å². The molecule has 0 atom stereocenters. The summed E-state index contributed by atoms with van der Waals surface area (Å²) in [5.41, 5.74) is 5.70. The predicted molar refractivity (Wildman–Crippen MR) is 43.0 cm³/mol. The topological polar surface area (TPSA) is 26.0 Å². The number of alkyl halides is 2. The highest BCUT2D eigenvalue weighted by molar-refractivity contribution is 5.05. The second-order valence-corrected chi connectivity index (χ2v) is 4.36. The van der Waals surface area contributed by atoms with Gasteiger partial charge in [-0.15, -0.1) is 0 Å². The first-order valence-electron chi connectivity index (χ1n) is 4.66. The van der Waals surface area contributed by atoms with Gasteiger partial charge in [-0.3, -0.25) is 0 Å². The van der Waals surface area contributed by atoms with Gasteiger partial charge >= 0.3 is 0 Å². The maximum atomic E-state index is 12.6. The molecule has 0 radical (unpaired) electrons. The van der Waals surface area contributed by atoms with Gasteiger partial charge in [0, 0.05) is 12.8 Å². The molecule has 0 amide bonds. The van der Waals surface area contributed by atoms with Gasteiger partial charge in [0.1, 0.15) is 0 Å². The molecule has 2 fully saturated rings. The smallest absolute Gasteiger partial charge is 0.248 e. The normalized spacial score (nSPS) is 31.2. The molecule has 3 heteroatoms. The molecule has 12 heavy (non-hydrogen) atoms. The molecule has 0 heterocycles. The standard InChI is InChI=1S/C9H15F2N/c10-9(11)5-7(6-9)8(1-2-8)3-4-12/h7H,1-6,12H2. The Bertz CT molecular complexity index is 179. The van der Waals surface area contributed by atoms with Crippen LogP contribution in [-0.2, 0) is 0 Å². The lowest BCUT2D eigenvalue weighted by molar-refractivity contribution is -0.131. The molecular formula is C9H15F2N. The van der Waals surface area contributed by atoms with Gasteiger partial charge in [0.2, 0.25) is 5.92 Å². The maximum absolute atomic E-state index is 12.6. The van der Waals surface area contributed by atoms with Crippen molar-refractivity contribution < 1.29 is 8.78 Å². The van der Waals surface area contributed by atoms with Crippen molar-refractivity contribution in [3.63, 3.8) is 0 Å². The average Bonchev–Trinajstić information content (AvgIpc) is 2.65. The van der Waals surface area contributed by atoms with E-state index in [0.29, 0.717) is 6.54 Å². The van der Waals surface area contributed by atoms with Gasteiger partial charge in [-0.2, -0.15) is 0 Å². The van der Waals surface area contributed by atoms with Crippen molar-refractivity contribution in [3.05, 3.63) is 0 Å². The van der Waals surface area contributed by atoms with E-state index in [-0.39, 0.29) is 24.2 Å². The van der Waals surface area contributed by atoms with Crippen molar-refractivity contribution in [2.75, 3.05) is 6.54 Å². The van der Waals surface area contributed by atoms with Crippen LogP contribution in [0.3, 0.4) is 0 Å². The van der Waals surface area contributed by atoms with Crippen LogP contribution in [0.2, 0.25) is 0 Å². The lowest BCUT2D eigenvalue weighted by Gasteiger charge is -2.40. The summed E-state index contributed by atoms with van der Waals surface area (Å²) in [6.07, 6.45) is 3.45. The van der Waals surface area contributed by atoms with Gasteiger partial charge in [0.05, 0.1) is 0 Å². The van der Waals surface area contributed by atoms with Crippen molar-refractivity contribution in [2.45, 2.75) is 38.0 Å². The number of hydrogen-bond acceptors (Lipinski definition) is 1. The Labute approximate surface area is 71.3 Å². The quantitative estimate of drug-likeness (QED) is 0.698. The van der Waals surface area contributed by atoms with E-state index in [0.717, 1.165) is 19.3 Å². The lowest BCUT2D eigenvalue weighted by atomic mass is 9.69. The molecule has 0 aliphatic heterocycles. The molecule has 0 aromatic heterocycles. The molecular weight excluding hydrogens is 160 g/mol. The van der Waals surface area contributed by atoms with Crippen LogP contribution in [0.25, 0.3) is 0 Å². The average molecular weight is 175 g/mol. The molecule has 0 bridgehead atoms. The fraction of sp³-hybridized carbons (Fsp3) is 1.00. The Kier molecular flexibility index (Phi) is 1.69. The fourth-order valence-electron chi connectivity index (χ4n) is 2.40. The Hall–Kier alpha value is -0.180. The van der Waals surface area contributed by atoms with Crippen LogP contribution < -0.4 is 5.73 Å². The van der Waals surface area contributed by atoms with E-state index in [2.05, 4.69) is 0 Å². The van der Waals surface area contributed by atoms with Crippen molar-refractivity contribution in [1.29, 1.82) is 0 Å². The summed E-state index contributed by atoms with van der Waals surface area (Å²) in [4.78, 5) is 0. The molecule has 1 nitrogen and oxygen atoms in total. The van der Waals surface area contributed by atoms with E-state index in [1.807, 2.05) is 0 Å². The first-order chi connectivity index (χ1) is 5.58. The molecule has 2 rings (SSSR count). The second-order valence-electron chi connectivity index (χ2n) is 4.36. The second kappa shape index (κ2) is 2.41. The first kappa shape index (κ1) is 8.42. The molecule has 2 aliphatic rings. The summed E-state index contributed by atoms with van der Waals surface area (Å²) in [5.74, 6) is -2.08. The van der Waals surface area contributed by atoms with Gasteiger partial charge in [-0.05, 0) is 37.1 Å². The summed E-state index contributed by atoms with van der Waals surface area (Å²) in [5, 5.41) is 0. The largest absolute Gasteiger partial charge is 0.330 e. The molecule has 0 aromatic rings. The molecule has 2 aliphatic carbocycles. The van der Waals surface area contributed by atoms with Crippen molar-refractivity contribution in [3.8, 4) is 0 Å². The molecule has 0 saturated heterocycles. The zero-order valence-electron chi connectivity index (χ0n) is 7.15. The van der Waals surface area contributed by atoms with E-state index >= 15 is 0 Å². The highest BCUT2D eigenvalue weighted by atomic mass is 19.3. The summed E-state index contributed by atoms with van der Waals surface area (Å²) in [7, 11) is 0. The fourth-order valence-corrected chi connectivity index (χ4v) is 2.40. The zero-order chi connectivity index (χ0) is 8.82. The van der Waals surface area contributed by atoms with Crippen LogP contribution in [0.4, 0.5) is 8.78 Å². The van der Waals surface area contributed by atoms with Crippen LogP contribution in [0, 0.1) is 11.3 Å². The summed E-state index contributed by atoms with van der Waals surface area (Å²) >= 11 is 0. The minimum Gasteiger partial charge on any atom is -0.330 e. The summed E-state index contributed by atoms with van der Waals surface area (Å²) in [6.45, 7) is 0.655. The molecule has 0 aromatic carbocycles. The third kappa shape index (κ3) is 1.24. The first-order valence-corrected chi connectivity index (χ1v) is 4.66. The third-order valence-electron chi connectivity index (χ3n) is 3.49. The predicted octanol–water partition coefficient (Wildman–Crippen LogP) is 2.16. The molecule has 0 spiro atoms. The maximum Gasteiger partial charge on any atom is 0.248 e. The van der Waals surface area contributed by atoms with Crippen LogP contribution in [0.15, 0.2) is 0 Å². The Morgan fingerprint density at radius 3 is 2.17 bits per heavy atom.